The highest BCUT2D eigenvalue weighted by atomic mass is 35.5. The summed E-state index contributed by atoms with van der Waals surface area (Å²) in [6.07, 6.45) is 2.00. The molecule has 5 nitrogen and oxygen atoms in total. The van der Waals surface area contributed by atoms with Gasteiger partial charge in [0.05, 0.1) is 0 Å². The van der Waals surface area contributed by atoms with Crippen LogP contribution in [0.25, 0.3) is 0 Å². The number of rotatable bonds is 4. The molecule has 4 rings (SSSR count). The van der Waals surface area contributed by atoms with E-state index in [1.807, 2.05) is 18.2 Å². The van der Waals surface area contributed by atoms with E-state index in [0.29, 0.717) is 19.5 Å². The maximum Gasteiger partial charge on any atom is 0.276 e. The van der Waals surface area contributed by atoms with Crippen molar-refractivity contribution in [3.63, 3.8) is 0 Å². The van der Waals surface area contributed by atoms with Crippen molar-refractivity contribution in [1.29, 1.82) is 0 Å². The zero-order valence-corrected chi connectivity index (χ0v) is 15.1. The fourth-order valence-electron chi connectivity index (χ4n) is 3.07. The molecule has 1 amide bonds. The van der Waals surface area contributed by atoms with Crippen molar-refractivity contribution in [2.45, 2.75) is 19.6 Å². The van der Waals surface area contributed by atoms with Gasteiger partial charge >= 0.3 is 0 Å². The minimum Gasteiger partial charge on any atom is -0.481 e. The number of para-hydroxylation sites is 1. The van der Waals surface area contributed by atoms with Crippen LogP contribution in [-0.4, -0.2) is 22.3 Å². The van der Waals surface area contributed by atoms with Crippen molar-refractivity contribution in [2.75, 3.05) is 6.54 Å². The van der Waals surface area contributed by atoms with Gasteiger partial charge in [-0.1, -0.05) is 35.9 Å². The highest BCUT2D eigenvalue weighted by Gasteiger charge is 2.25. The number of carbonyl (C=O) groups excluding carboxylic acids is 1. The lowest BCUT2D eigenvalue weighted by Gasteiger charge is -2.28. The Bertz CT molecular complexity index is 989. The van der Waals surface area contributed by atoms with Crippen LogP contribution in [0.5, 0.6) is 5.75 Å². The van der Waals surface area contributed by atoms with Crippen molar-refractivity contribution < 1.29 is 18.3 Å². The minimum atomic E-state index is -0.467. The Kier molecular flexibility index (Phi) is 4.81. The molecule has 138 valence electrons. The van der Waals surface area contributed by atoms with Gasteiger partial charge in [0, 0.05) is 18.1 Å². The molecule has 1 aliphatic rings. The Labute approximate surface area is 160 Å². The van der Waals surface area contributed by atoms with Gasteiger partial charge in [0.25, 0.3) is 5.91 Å². The third-order valence-corrected chi connectivity index (χ3v) is 4.81. The lowest BCUT2D eigenvalue weighted by Crippen LogP contribution is -2.36. The smallest absolute Gasteiger partial charge is 0.276 e. The van der Waals surface area contributed by atoms with Gasteiger partial charge in [0.2, 0.25) is 5.89 Å². The van der Waals surface area contributed by atoms with Crippen LogP contribution in [0.2, 0.25) is 5.02 Å². The number of hydrogen-bond donors (Lipinski definition) is 0. The molecule has 7 heteroatoms. The summed E-state index contributed by atoms with van der Waals surface area (Å²) in [7, 11) is 0. The highest BCUT2D eigenvalue weighted by molar-refractivity contribution is 6.31. The molecule has 2 heterocycles. The second-order valence-corrected chi connectivity index (χ2v) is 6.61. The topological polar surface area (TPSA) is 55.6 Å². The van der Waals surface area contributed by atoms with Gasteiger partial charge in [-0.15, -0.1) is 0 Å². The fourth-order valence-corrected chi connectivity index (χ4v) is 3.36. The van der Waals surface area contributed by atoms with Crippen molar-refractivity contribution in [2.24, 2.45) is 0 Å². The van der Waals surface area contributed by atoms with E-state index in [1.165, 1.54) is 18.4 Å². The van der Waals surface area contributed by atoms with E-state index in [9.17, 15) is 9.18 Å². The molecule has 3 aromatic rings. The van der Waals surface area contributed by atoms with E-state index in [4.69, 9.17) is 20.8 Å². The average molecular weight is 387 g/mol. The number of nitrogens with zero attached hydrogens (tertiary/aromatic N) is 2. The van der Waals surface area contributed by atoms with E-state index >= 15 is 0 Å². The van der Waals surface area contributed by atoms with Crippen LogP contribution in [0.4, 0.5) is 4.39 Å². The summed E-state index contributed by atoms with van der Waals surface area (Å²) in [4.78, 5) is 18.6. The molecular weight excluding hydrogens is 371 g/mol. The Balaban J connectivity index is 1.42. The normalized spacial score (nSPS) is 13.3. The van der Waals surface area contributed by atoms with E-state index in [-0.39, 0.29) is 29.8 Å². The standard InChI is InChI=1S/C20H16ClFN2O3/c21-15-5-3-4-13-10-24(9-8-14(13)15)20(25)17-11-27-19(23-17)12-26-18-7-2-1-6-16(18)22/h1-7,11H,8-10,12H2. The van der Waals surface area contributed by atoms with Crippen LogP contribution in [-0.2, 0) is 19.6 Å². The molecule has 1 aliphatic heterocycles. The summed E-state index contributed by atoms with van der Waals surface area (Å²) >= 11 is 6.21. The number of oxazole rings is 1. The first-order valence-electron chi connectivity index (χ1n) is 8.49. The maximum absolute atomic E-state index is 13.6. The largest absolute Gasteiger partial charge is 0.481 e. The average Bonchev–Trinajstić information content (AvgIpc) is 3.16. The molecule has 0 N–H and O–H groups in total. The van der Waals surface area contributed by atoms with Crippen LogP contribution in [0, 0.1) is 5.82 Å². The second kappa shape index (κ2) is 7.40. The number of amides is 1. The van der Waals surface area contributed by atoms with Gasteiger partial charge in [-0.25, -0.2) is 9.37 Å². The summed E-state index contributed by atoms with van der Waals surface area (Å²) in [5, 5.41) is 0.730. The monoisotopic (exact) mass is 386 g/mol. The molecule has 0 aliphatic carbocycles. The summed E-state index contributed by atoms with van der Waals surface area (Å²) in [5.41, 5.74) is 2.32. The zero-order chi connectivity index (χ0) is 18.8. The molecule has 0 spiro atoms. The van der Waals surface area contributed by atoms with Gasteiger partial charge in [-0.3, -0.25) is 4.79 Å². The Hall–Kier alpha value is -2.86. The molecule has 0 unspecified atom stereocenters. The predicted molar refractivity (Wildman–Crippen MR) is 97.1 cm³/mol. The van der Waals surface area contributed by atoms with Crippen LogP contribution in [0.15, 0.2) is 53.1 Å². The molecule has 2 aromatic carbocycles. The Morgan fingerprint density at radius 3 is 2.96 bits per heavy atom. The fraction of sp³-hybridized carbons (Fsp3) is 0.200. The molecule has 0 saturated carbocycles. The first-order chi connectivity index (χ1) is 13.1. The van der Waals surface area contributed by atoms with Crippen molar-refractivity contribution in [3.05, 3.63) is 82.3 Å². The number of halogens is 2. The van der Waals surface area contributed by atoms with Crippen LogP contribution in [0.3, 0.4) is 0 Å². The van der Waals surface area contributed by atoms with Gasteiger partial charge in [0.15, 0.2) is 23.9 Å². The molecule has 27 heavy (non-hydrogen) atoms. The number of ether oxygens (including phenoxy) is 1. The quantitative estimate of drug-likeness (QED) is 0.672. The van der Waals surface area contributed by atoms with E-state index in [1.54, 1.807) is 17.0 Å². The minimum absolute atomic E-state index is 0.0628. The van der Waals surface area contributed by atoms with Gasteiger partial charge in [-0.2, -0.15) is 0 Å². The van der Waals surface area contributed by atoms with Crippen LogP contribution >= 0.6 is 11.6 Å². The van der Waals surface area contributed by atoms with E-state index in [2.05, 4.69) is 4.98 Å². The van der Waals surface area contributed by atoms with Crippen molar-refractivity contribution in [1.82, 2.24) is 9.88 Å². The van der Waals surface area contributed by atoms with E-state index < -0.39 is 5.82 Å². The van der Waals surface area contributed by atoms with Gasteiger partial charge in [-0.05, 0) is 35.7 Å². The first kappa shape index (κ1) is 17.5. The van der Waals surface area contributed by atoms with Crippen molar-refractivity contribution in [3.8, 4) is 5.75 Å². The lowest BCUT2D eigenvalue weighted by molar-refractivity contribution is 0.0728. The van der Waals surface area contributed by atoms with Gasteiger partial charge in [0.1, 0.15) is 6.26 Å². The zero-order valence-electron chi connectivity index (χ0n) is 14.3. The Morgan fingerprint density at radius 1 is 1.26 bits per heavy atom. The van der Waals surface area contributed by atoms with E-state index in [0.717, 1.165) is 16.1 Å². The lowest BCUT2D eigenvalue weighted by atomic mass is 9.99. The summed E-state index contributed by atoms with van der Waals surface area (Å²) < 4.78 is 24.2. The van der Waals surface area contributed by atoms with Crippen molar-refractivity contribution >= 4 is 17.5 Å². The SMILES string of the molecule is O=C(c1coc(COc2ccccc2F)n1)N1CCc2c(Cl)cccc2C1. The summed E-state index contributed by atoms with van der Waals surface area (Å²) in [6.45, 7) is 0.971. The van der Waals surface area contributed by atoms with Crippen LogP contribution < -0.4 is 4.74 Å². The van der Waals surface area contributed by atoms with Crippen LogP contribution in [0.1, 0.15) is 27.5 Å². The third kappa shape index (κ3) is 3.66. The molecule has 1 aromatic heterocycles. The van der Waals surface area contributed by atoms with Gasteiger partial charge < -0.3 is 14.1 Å². The molecular formula is C20H16ClFN2O3. The number of aromatic nitrogens is 1. The predicted octanol–water partition coefficient (Wildman–Crippen LogP) is 4.24. The molecule has 0 saturated heterocycles. The highest BCUT2D eigenvalue weighted by Crippen LogP contribution is 2.26. The Morgan fingerprint density at radius 2 is 2.11 bits per heavy atom. The number of fused-ring (bicyclic) bond motifs is 1. The number of benzene rings is 2. The number of hydrogen-bond acceptors (Lipinski definition) is 4. The number of carbonyl (C=O) groups is 1. The molecule has 0 fully saturated rings. The third-order valence-electron chi connectivity index (χ3n) is 4.45. The maximum atomic E-state index is 13.6. The molecule has 0 bridgehead atoms. The second-order valence-electron chi connectivity index (χ2n) is 6.20. The summed E-state index contributed by atoms with van der Waals surface area (Å²) in [5.74, 6) is -0.373. The molecule has 0 atom stereocenters. The summed E-state index contributed by atoms with van der Waals surface area (Å²) in [6, 6.07) is 11.8. The molecule has 0 radical (unpaired) electrons. The first-order valence-corrected chi connectivity index (χ1v) is 8.87.